The van der Waals surface area contributed by atoms with Gasteiger partial charge in [-0.2, -0.15) is 0 Å². The first-order chi connectivity index (χ1) is 15.2. The number of piperazine rings is 1. The number of amides is 1. The summed E-state index contributed by atoms with van der Waals surface area (Å²) < 4.78 is 2.12. The number of hydrogen-bond acceptors (Lipinski definition) is 4. The van der Waals surface area contributed by atoms with Gasteiger partial charge < -0.3 is 9.80 Å². The minimum Gasteiger partial charge on any atom is -0.368 e. The maximum atomic E-state index is 12.8. The Balaban J connectivity index is 1.19. The summed E-state index contributed by atoms with van der Waals surface area (Å²) >= 11 is 7.61. The zero-order valence-corrected chi connectivity index (χ0v) is 18.6. The van der Waals surface area contributed by atoms with E-state index in [1.807, 2.05) is 47.4 Å². The molecule has 4 aromatic rings. The van der Waals surface area contributed by atoms with Gasteiger partial charge >= 0.3 is 0 Å². The van der Waals surface area contributed by atoms with Gasteiger partial charge in [-0.3, -0.25) is 9.20 Å². The Hall–Kier alpha value is -2.83. The number of thiazole rings is 1. The Bertz CT molecular complexity index is 1180. The average Bonchev–Trinajstić information content (AvgIpc) is 3.40. The Morgan fingerprint density at radius 3 is 2.48 bits per heavy atom. The van der Waals surface area contributed by atoms with Crippen LogP contribution >= 0.6 is 22.9 Å². The van der Waals surface area contributed by atoms with Crippen molar-refractivity contribution < 1.29 is 4.79 Å². The summed E-state index contributed by atoms with van der Waals surface area (Å²) in [7, 11) is 0. The first kappa shape index (κ1) is 20.1. The molecule has 1 saturated heterocycles. The van der Waals surface area contributed by atoms with Gasteiger partial charge in [-0.15, -0.1) is 11.3 Å². The molecule has 31 heavy (non-hydrogen) atoms. The highest BCUT2D eigenvalue weighted by Gasteiger charge is 2.21. The predicted octanol–water partition coefficient (Wildman–Crippen LogP) is 5.00. The summed E-state index contributed by atoms with van der Waals surface area (Å²) in [4.78, 5) is 22.8. The summed E-state index contributed by atoms with van der Waals surface area (Å²) in [5, 5.41) is 2.86. The van der Waals surface area contributed by atoms with Gasteiger partial charge in [0.15, 0.2) is 4.96 Å². The van der Waals surface area contributed by atoms with Gasteiger partial charge in [-0.05, 0) is 30.7 Å². The zero-order chi connectivity index (χ0) is 21.2. The third-order valence-corrected chi connectivity index (χ3v) is 6.91. The summed E-state index contributed by atoms with van der Waals surface area (Å²) in [6, 6.07) is 18.1. The molecule has 5 nitrogen and oxygen atoms in total. The third kappa shape index (κ3) is 4.31. The lowest BCUT2D eigenvalue weighted by Crippen LogP contribution is -2.48. The SMILES string of the molecule is O=C(CCc1csc2nc(-c3ccccc3)cn12)N1CCN(c2ccc(Cl)cc2)CC1. The molecule has 0 spiro atoms. The molecule has 0 aliphatic carbocycles. The number of carbonyl (C=O) groups excluding carboxylic acids is 1. The molecule has 0 radical (unpaired) electrons. The van der Waals surface area contributed by atoms with Crippen LogP contribution in [0.1, 0.15) is 12.1 Å². The monoisotopic (exact) mass is 450 g/mol. The van der Waals surface area contributed by atoms with Crippen LogP contribution in [0.25, 0.3) is 16.2 Å². The summed E-state index contributed by atoms with van der Waals surface area (Å²) in [5.74, 6) is 0.221. The number of halogens is 1. The lowest BCUT2D eigenvalue weighted by atomic mass is 10.2. The van der Waals surface area contributed by atoms with E-state index in [4.69, 9.17) is 16.6 Å². The van der Waals surface area contributed by atoms with Gasteiger partial charge in [0, 0.05) is 66.1 Å². The Kier molecular flexibility index (Phi) is 5.66. The lowest BCUT2D eigenvalue weighted by molar-refractivity contribution is -0.131. The Morgan fingerprint density at radius 2 is 1.74 bits per heavy atom. The zero-order valence-electron chi connectivity index (χ0n) is 17.1. The van der Waals surface area contributed by atoms with Crippen molar-refractivity contribution in [3.05, 3.63) is 76.9 Å². The smallest absolute Gasteiger partial charge is 0.223 e. The number of benzene rings is 2. The Morgan fingerprint density at radius 1 is 1.00 bits per heavy atom. The summed E-state index contributed by atoms with van der Waals surface area (Å²) in [5.41, 5.74) is 4.38. The molecule has 0 N–H and O–H groups in total. The molecule has 1 amide bonds. The van der Waals surface area contributed by atoms with Gasteiger partial charge in [0.1, 0.15) is 0 Å². The molecule has 2 aromatic carbocycles. The largest absolute Gasteiger partial charge is 0.368 e. The van der Waals surface area contributed by atoms with E-state index in [0.29, 0.717) is 6.42 Å². The minimum absolute atomic E-state index is 0.221. The molecule has 3 heterocycles. The molecule has 1 aliphatic heterocycles. The first-order valence-corrected chi connectivity index (χ1v) is 11.7. The molecule has 0 bridgehead atoms. The minimum atomic E-state index is 0.221. The van der Waals surface area contributed by atoms with Crippen molar-refractivity contribution in [1.29, 1.82) is 0 Å². The van der Waals surface area contributed by atoms with E-state index in [0.717, 1.165) is 65.2 Å². The van der Waals surface area contributed by atoms with E-state index in [1.165, 1.54) is 0 Å². The number of imidazole rings is 1. The van der Waals surface area contributed by atoms with Crippen molar-refractivity contribution >= 4 is 39.5 Å². The fraction of sp³-hybridized carbons (Fsp3) is 0.250. The van der Waals surface area contributed by atoms with Gasteiger partial charge in [-0.1, -0.05) is 41.9 Å². The molecule has 1 aliphatic rings. The van der Waals surface area contributed by atoms with Crippen LogP contribution in [0, 0.1) is 0 Å². The number of carbonyl (C=O) groups is 1. The van der Waals surface area contributed by atoms with E-state index in [2.05, 4.69) is 33.0 Å². The van der Waals surface area contributed by atoms with Crippen molar-refractivity contribution in [2.24, 2.45) is 0 Å². The number of anilines is 1. The number of rotatable bonds is 5. The average molecular weight is 451 g/mol. The van der Waals surface area contributed by atoms with Crippen molar-refractivity contribution in [2.45, 2.75) is 12.8 Å². The highest BCUT2D eigenvalue weighted by atomic mass is 35.5. The van der Waals surface area contributed by atoms with Crippen LogP contribution in [0.2, 0.25) is 5.02 Å². The quantitative estimate of drug-likeness (QED) is 0.429. The first-order valence-electron chi connectivity index (χ1n) is 10.5. The molecule has 2 aromatic heterocycles. The predicted molar refractivity (Wildman–Crippen MR) is 127 cm³/mol. The second-order valence-electron chi connectivity index (χ2n) is 7.72. The van der Waals surface area contributed by atoms with Gasteiger partial charge in [0.05, 0.1) is 5.69 Å². The van der Waals surface area contributed by atoms with Crippen molar-refractivity contribution in [3.8, 4) is 11.3 Å². The van der Waals surface area contributed by atoms with Crippen LogP contribution in [0.5, 0.6) is 0 Å². The van der Waals surface area contributed by atoms with E-state index >= 15 is 0 Å². The highest BCUT2D eigenvalue weighted by molar-refractivity contribution is 7.15. The van der Waals surface area contributed by atoms with Crippen molar-refractivity contribution in [2.75, 3.05) is 31.1 Å². The molecule has 7 heteroatoms. The van der Waals surface area contributed by atoms with Crippen LogP contribution in [-0.2, 0) is 11.2 Å². The van der Waals surface area contributed by atoms with Crippen LogP contribution in [0.15, 0.2) is 66.2 Å². The van der Waals surface area contributed by atoms with Crippen LogP contribution in [0.4, 0.5) is 5.69 Å². The highest BCUT2D eigenvalue weighted by Crippen LogP contribution is 2.24. The third-order valence-electron chi connectivity index (χ3n) is 5.77. The Labute approximate surface area is 190 Å². The number of fused-ring (bicyclic) bond motifs is 1. The van der Waals surface area contributed by atoms with E-state index < -0.39 is 0 Å². The fourth-order valence-corrected chi connectivity index (χ4v) is 5.05. The number of aromatic nitrogens is 2. The summed E-state index contributed by atoms with van der Waals surface area (Å²) in [6.45, 7) is 3.20. The number of hydrogen-bond donors (Lipinski definition) is 0. The second-order valence-corrected chi connectivity index (χ2v) is 8.99. The topological polar surface area (TPSA) is 40.9 Å². The molecule has 0 saturated carbocycles. The standard InChI is InChI=1S/C24H23ClN4OS/c25-19-6-8-20(9-7-19)27-12-14-28(15-13-27)23(30)11-10-21-17-31-24-26-22(16-29(21)24)18-4-2-1-3-5-18/h1-9,16-17H,10-15H2. The normalized spacial score (nSPS) is 14.4. The molecule has 158 valence electrons. The van der Waals surface area contributed by atoms with Crippen molar-refractivity contribution in [3.63, 3.8) is 0 Å². The van der Waals surface area contributed by atoms with E-state index in [9.17, 15) is 4.79 Å². The van der Waals surface area contributed by atoms with Gasteiger partial charge in [-0.25, -0.2) is 4.98 Å². The van der Waals surface area contributed by atoms with E-state index in [-0.39, 0.29) is 5.91 Å². The van der Waals surface area contributed by atoms with Crippen LogP contribution in [-0.4, -0.2) is 46.4 Å². The van der Waals surface area contributed by atoms with Gasteiger partial charge in [0.2, 0.25) is 5.91 Å². The number of aryl methyl sites for hydroxylation is 1. The maximum Gasteiger partial charge on any atom is 0.223 e. The fourth-order valence-electron chi connectivity index (χ4n) is 4.02. The van der Waals surface area contributed by atoms with Crippen LogP contribution in [0.3, 0.4) is 0 Å². The second kappa shape index (κ2) is 8.73. The molecule has 1 fully saturated rings. The van der Waals surface area contributed by atoms with E-state index in [1.54, 1.807) is 11.3 Å². The molecule has 0 unspecified atom stereocenters. The molecular formula is C24H23ClN4OS. The lowest BCUT2D eigenvalue weighted by Gasteiger charge is -2.36. The van der Waals surface area contributed by atoms with Gasteiger partial charge in [0.25, 0.3) is 0 Å². The maximum absolute atomic E-state index is 12.8. The molecule has 0 atom stereocenters. The molecule has 5 rings (SSSR count). The van der Waals surface area contributed by atoms with Crippen LogP contribution < -0.4 is 4.90 Å². The molecular weight excluding hydrogens is 428 g/mol. The number of nitrogens with zero attached hydrogens (tertiary/aromatic N) is 4. The van der Waals surface area contributed by atoms with Crippen molar-refractivity contribution in [1.82, 2.24) is 14.3 Å². The summed E-state index contributed by atoms with van der Waals surface area (Å²) in [6.07, 6.45) is 3.32.